The SMILES string of the molecule is O=C1CC[C@H](C(=O)NCCOC2CCNCC2)N1. The summed E-state index contributed by atoms with van der Waals surface area (Å²) in [4.78, 5) is 22.6. The highest BCUT2D eigenvalue weighted by Crippen LogP contribution is 2.07. The maximum atomic E-state index is 11.7. The molecule has 102 valence electrons. The Hall–Kier alpha value is -1.14. The molecule has 2 rings (SSSR count). The standard InChI is InChI=1S/C12H21N3O3/c16-11-2-1-10(15-11)12(17)14-7-8-18-9-3-5-13-6-4-9/h9-10,13H,1-8H2,(H,14,17)(H,15,16)/t10-/m1/s1. The van der Waals surface area contributed by atoms with Gasteiger partial charge in [0.05, 0.1) is 12.7 Å². The molecule has 2 fully saturated rings. The lowest BCUT2D eigenvalue weighted by Crippen LogP contribution is -2.43. The van der Waals surface area contributed by atoms with Gasteiger partial charge in [-0.15, -0.1) is 0 Å². The zero-order valence-corrected chi connectivity index (χ0v) is 10.5. The quantitative estimate of drug-likeness (QED) is 0.559. The summed E-state index contributed by atoms with van der Waals surface area (Å²) in [7, 11) is 0. The van der Waals surface area contributed by atoms with Crippen LogP contribution in [0.1, 0.15) is 25.7 Å². The lowest BCUT2D eigenvalue weighted by molar-refractivity contribution is -0.126. The Morgan fingerprint density at radius 2 is 2.11 bits per heavy atom. The molecule has 0 spiro atoms. The molecule has 0 bridgehead atoms. The van der Waals surface area contributed by atoms with Crippen molar-refractivity contribution in [2.75, 3.05) is 26.2 Å². The van der Waals surface area contributed by atoms with Gasteiger partial charge >= 0.3 is 0 Å². The third-order valence-corrected chi connectivity index (χ3v) is 3.35. The zero-order valence-electron chi connectivity index (χ0n) is 10.5. The van der Waals surface area contributed by atoms with E-state index in [-0.39, 0.29) is 17.9 Å². The van der Waals surface area contributed by atoms with Crippen LogP contribution in [0.4, 0.5) is 0 Å². The number of nitrogens with one attached hydrogen (secondary N) is 3. The van der Waals surface area contributed by atoms with E-state index in [0.717, 1.165) is 25.9 Å². The van der Waals surface area contributed by atoms with Gasteiger partial charge in [0.2, 0.25) is 11.8 Å². The van der Waals surface area contributed by atoms with E-state index in [2.05, 4.69) is 16.0 Å². The number of carbonyl (C=O) groups excluding carboxylic acids is 2. The van der Waals surface area contributed by atoms with Crippen molar-refractivity contribution in [3.05, 3.63) is 0 Å². The van der Waals surface area contributed by atoms with Crippen LogP contribution in [0.5, 0.6) is 0 Å². The van der Waals surface area contributed by atoms with Gasteiger partial charge in [-0.3, -0.25) is 9.59 Å². The molecule has 3 N–H and O–H groups in total. The first-order chi connectivity index (χ1) is 8.75. The first-order valence-electron chi connectivity index (χ1n) is 6.65. The van der Waals surface area contributed by atoms with Crippen LogP contribution in [0.3, 0.4) is 0 Å². The van der Waals surface area contributed by atoms with E-state index in [1.54, 1.807) is 0 Å². The summed E-state index contributed by atoms with van der Waals surface area (Å²) in [5, 5.41) is 8.71. The molecular weight excluding hydrogens is 234 g/mol. The molecule has 2 aliphatic rings. The fourth-order valence-corrected chi connectivity index (χ4v) is 2.30. The average molecular weight is 255 g/mol. The maximum Gasteiger partial charge on any atom is 0.242 e. The van der Waals surface area contributed by atoms with Gasteiger partial charge in [-0.1, -0.05) is 0 Å². The van der Waals surface area contributed by atoms with Crippen LogP contribution >= 0.6 is 0 Å². The second-order valence-corrected chi connectivity index (χ2v) is 4.77. The van der Waals surface area contributed by atoms with E-state index in [1.807, 2.05) is 0 Å². The van der Waals surface area contributed by atoms with Crippen molar-refractivity contribution in [2.24, 2.45) is 0 Å². The Kier molecular flexibility index (Phi) is 4.95. The fraction of sp³-hybridized carbons (Fsp3) is 0.833. The molecule has 0 aromatic rings. The molecule has 2 aliphatic heterocycles. The predicted molar refractivity (Wildman–Crippen MR) is 66.0 cm³/mol. The molecule has 0 saturated carbocycles. The molecule has 0 aromatic heterocycles. The van der Waals surface area contributed by atoms with Crippen molar-refractivity contribution in [2.45, 2.75) is 37.8 Å². The van der Waals surface area contributed by atoms with Gasteiger partial charge in [0, 0.05) is 13.0 Å². The minimum atomic E-state index is -0.351. The fourth-order valence-electron chi connectivity index (χ4n) is 2.30. The van der Waals surface area contributed by atoms with Crippen LogP contribution in [0, 0.1) is 0 Å². The Balaban J connectivity index is 1.54. The highest BCUT2D eigenvalue weighted by atomic mass is 16.5. The molecular formula is C12H21N3O3. The number of carbonyl (C=O) groups is 2. The normalized spacial score (nSPS) is 24.9. The monoisotopic (exact) mass is 255 g/mol. The van der Waals surface area contributed by atoms with Crippen LogP contribution in [-0.4, -0.2) is 50.2 Å². The Bertz CT molecular complexity index is 303. The molecule has 0 aliphatic carbocycles. The molecule has 2 heterocycles. The molecule has 1 atom stereocenters. The minimum Gasteiger partial charge on any atom is -0.376 e. The van der Waals surface area contributed by atoms with E-state index in [0.29, 0.717) is 32.1 Å². The number of ether oxygens (including phenoxy) is 1. The van der Waals surface area contributed by atoms with Gasteiger partial charge < -0.3 is 20.7 Å². The summed E-state index contributed by atoms with van der Waals surface area (Å²) in [6.45, 7) is 3.06. The molecule has 0 unspecified atom stereocenters. The average Bonchev–Trinajstić information content (AvgIpc) is 2.82. The van der Waals surface area contributed by atoms with Crippen LogP contribution < -0.4 is 16.0 Å². The zero-order chi connectivity index (χ0) is 12.8. The highest BCUT2D eigenvalue weighted by molar-refractivity contribution is 5.90. The van der Waals surface area contributed by atoms with Crippen molar-refractivity contribution in [1.82, 2.24) is 16.0 Å². The van der Waals surface area contributed by atoms with Gasteiger partial charge in [-0.2, -0.15) is 0 Å². The third kappa shape index (κ3) is 3.96. The van der Waals surface area contributed by atoms with Gasteiger partial charge in [0.1, 0.15) is 6.04 Å². The van der Waals surface area contributed by atoms with Gasteiger partial charge in [-0.05, 0) is 32.4 Å². The lowest BCUT2D eigenvalue weighted by atomic mass is 10.1. The predicted octanol–water partition coefficient (Wildman–Crippen LogP) is -0.850. The second-order valence-electron chi connectivity index (χ2n) is 4.77. The van der Waals surface area contributed by atoms with E-state index >= 15 is 0 Å². The van der Waals surface area contributed by atoms with E-state index in [1.165, 1.54) is 0 Å². The summed E-state index contributed by atoms with van der Waals surface area (Å²) in [6.07, 6.45) is 3.43. The number of hydrogen-bond acceptors (Lipinski definition) is 4. The summed E-state index contributed by atoms with van der Waals surface area (Å²) >= 11 is 0. The smallest absolute Gasteiger partial charge is 0.242 e. The van der Waals surface area contributed by atoms with E-state index in [9.17, 15) is 9.59 Å². The minimum absolute atomic E-state index is 0.0406. The first-order valence-corrected chi connectivity index (χ1v) is 6.65. The first kappa shape index (κ1) is 13.3. The lowest BCUT2D eigenvalue weighted by Gasteiger charge is -2.23. The summed E-state index contributed by atoms with van der Waals surface area (Å²) in [6, 6.07) is -0.351. The van der Waals surface area contributed by atoms with Gasteiger partial charge in [0.25, 0.3) is 0 Å². The number of rotatable bonds is 5. The number of piperidine rings is 1. The van der Waals surface area contributed by atoms with E-state index < -0.39 is 0 Å². The van der Waals surface area contributed by atoms with Crippen LogP contribution in [-0.2, 0) is 14.3 Å². The summed E-state index contributed by atoms with van der Waals surface area (Å²) < 4.78 is 5.68. The molecule has 18 heavy (non-hydrogen) atoms. The molecule has 6 nitrogen and oxygen atoms in total. The topological polar surface area (TPSA) is 79.5 Å². The van der Waals surface area contributed by atoms with Crippen LogP contribution in [0.15, 0.2) is 0 Å². The third-order valence-electron chi connectivity index (χ3n) is 3.35. The van der Waals surface area contributed by atoms with Crippen LogP contribution in [0.25, 0.3) is 0 Å². The second kappa shape index (κ2) is 6.70. The van der Waals surface area contributed by atoms with Crippen molar-refractivity contribution in [3.63, 3.8) is 0 Å². The van der Waals surface area contributed by atoms with Crippen molar-refractivity contribution < 1.29 is 14.3 Å². The van der Waals surface area contributed by atoms with Gasteiger partial charge in [0.15, 0.2) is 0 Å². The molecule has 0 radical (unpaired) electrons. The van der Waals surface area contributed by atoms with Crippen molar-refractivity contribution in [1.29, 1.82) is 0 Å². The number of hydrogen-bond donors (Lipinski definition) is 3. The molecule has 2 saturated heterocycles. The maximum absolute atomic E-state index is 11.7. The van der Waals surface area contributed by atoms with Crippen molar-refractivity contribution >= 4 is 11.8 Å². The van der Waals surface area contributed by atoms with Gasteiger partial charge in [-0.25, -0.2) is 0 Å². The largest absolute Gasteiger partial charge is 0.376 e. The Morgan fingerprint density at radius 1 is 1.33 bits per heavy atom. The highest BCUT2D eigenvalue weighted by Gasteiger charge is 2.26. The molecule has 0 aromatic carbocycles. The Labute approximate surface area is 107 Å². The summed E-state index contributed by atoms with van der Waals surface area (Å²) in [5.74, 6) is -0.143. The van der Waals surface area contributed by atoms with Crippen LogP contribution in [0.2, 0.25) is 0 Å². The molecule has 6 heteroatoms. The molecule has 2 amide bonds. The Morgan fingerprint density at radius 3 is 2.78 bits per heavy atom. The summed E-state index contributed by atoms with van der Waals surface area (Å²) in [5.41, 5.74) is 0. The number of amides is 2. The van der Waals surface area contributed by atoms with E-state index in [4.69, 9.17) is 4.74 Å². The van der Waals surface area contributed by atoms with Crippen molar-refractivity contribution in [3.8, 4) is 0 Å².